The fourth-order valence-corrected chi connectivity index (χ4v) is 4.86. The number of rotatable bonds is 22. The van der Waals surface area contributed by atoms with E-state index in [4.69, 9.17) is 14.2 Å². The molecule has 0 spiro atoms. The molecule has 0 radical (unpaired) electrons. The number of unbranched alkanes of at least 4 members (excludes halogenated alkanes) is 6. The van der Waals surface area contributed by atoms with Crippen LogP contribution in [0.1, 0.15) is 96.8 Å². The van der Waals surface area contributed by atoms with Crippen LogP contribution in [0, 0.1) is 11.8 Å². The molecule has 1 N–H and O–H groups in total. The van der Waals surface area contributed by atoms with Gasteiger partial charge in [0, 0.05) is 6.61 Å². The van der Waals surface area contributed by atoms with Crippen LogP contribution in [0.2, 0.25) is 0 Å². The summed E-state index contributed by atoms with van der Waals surface area (Å²) in [4.78, 5) is 0. The highest BCUT2D eigenvalue weighted by Gasteiger charge is 2.23. The predicted molar refractivity (Wildman–Crippen MR) is 139 cm³/mol. The molecule has 0 saturated heterocycles. The van der Waals surface area contributed by atoms with Crippen molar-refractivity contribution in [2.45, 2.75) is 103 Å². The van der Waals surface area contributed by atoms with E-state index >= 15 is 0 Å². The monoisotopic (exact) mass is 472 g/mol. The van der Waals surface area contributed by atoms with Crippen molar-refractivity contribution in [1.29, 1.82) is 0 Å². The Labute approximate surface area is 206 Å². The van der Waals surface area contributed by atoms with Crippen LogP contribution in [0.15, 0.2) is 0 Å². The zero-order valence-corrected chi connectivity index (χ0v) is 22.7. The molecule has 1 aliphatic carbocycles. The van der Waals surface area contributed by atoms with E-state index in [1.807, 2.05) is 0 Å². The highest BCUT2D eigenvalue weighted by Crippen LogP contribution is 2.34. The lowest BCUT2D eigenvalue weighted by molar-refractivity contribution is -0.870. The molecule has 1 rings (SSSR count). The molecule has 0 amide bonds. The largest absolute Gasteiger partial charge is 0.388 e. The Hall–Kier alpha value is -0.200. The van der Waals surface area contributed by atoms with Crippen LogP contribution in [0.5, 0.6) is 0 Å². The summed E-state index contributed by atoms with van der Waals surface area (Å²) in [5, 5.41) is 10.1. The van der Waals surface area contributed by atoms with Crippen molar-refractivity contribution in [2.24, 2.45) is 11.8 Å². The minimum absolute atomic E-state index is 0.322. The Morgan fingerprint density at radius 2 is 1.33 bits per heavy atom. The SMILES string of the molecule is CCCCCCCCCC(CCOCC(O)COCCOCC[N+](C)(C)C)C1CCCCC1. The highest BCUT2D eigenvalue weighted by atomic mass is 16.5. The average Bonchev–Trinajstić information content (AvgIpc) is 2.79. The molecule has 1 aliphatic rings. The Kier molecular flexibility index (Phi) is 18.7. The summed E-state index contributed by atoms with van der Waals surface area (Å²) in [7, 11) is 6.47. The number of quaternary nitrogens is 1. The van der Waals surface area contributed by atoms with Gasteiger partial charge in [-0.05, 0) is 18.3 Å². The van der Waals surface area contributed by atoms with Gasteiger partial charge in [-0.1, -0.05) is 90.4 Å². The number of hydrogen-bond donors (Lipinski definition) is 1. The third-order valence-electron chi connectivity index (χ3n) is 7.03. The van der Waals surface area contributed by atoms with Crippen molar-refractivity contribution in [3.8, 4) is 0 Å². The molecule has 198 valence electrons. The smallest absolute Gasteiger partial charge is 0.102 e. The average molecular weight is 473 g/mol. The van der Waals surface area contributed by atoms with Gasteiger partial charge in [0.05, 0.1) is 54.2 Å². The lowest BCUT2D eigenvalue weighted by Gasteiger charge is -2.30. The molecule has 5 heteroatoms. The van der Waals surface area contributed by atoms with Gasteiger partial charge in [0.25, 0.3) is 0 Å². The van der Waals surface area contributed by atoms with Gasteiger partial charge >= 0.3 is 0 Å². The van der Waals surface area contributed by atoms with Gasteiger partial charge in [0.15, 0.2) is 0 Å². The van der Waals surface area contributed by atoms with Crippen molar-refractivity contribution in [2.75, 3.05) is 67.3 Å². The number of aliphatic hydroxyl groups is 1. The Morgan fingerprint density at radius 3 is 2.00 bits per heavy atom. The summed E-state index contributed by atoms with van der Waals surface area (Å²) in [6.07, 6.45) is 18.7. The van der Waals surface area contributed by atoms with Crippen LogP contribution in [0.4, 0.5) is 0 Å². The van der Waals surface area contributed by atoms with E-state index in [2.05, 4.69) is 28.1 Å². The van der Waals surface area contributed by atoms with Crippen molar-refractivity contribution in [3.05, 3.63) is 0 Å². The molecule has 0 aromatic rings. The van der Waals surface area contributed by atoms with Crippen LogP contribution < -0.4 is 0 Å². The summed E-state index contributed by atoms with van der Waals surface area (Å²) in [6.45, 7) is 6.57. The molecule has 33 heavy (non-hydrogen) atoms. The fraction of sp³-hybridized carbons (Fsp3) is 1.00. The number of hydrogen-bond acceptors (Lipinski definition) is 4. The maximum atomic E-state index is 10.1. The Balaban J connectivity index is 2.10. The number of aliphatic hydroxyl groups excluding tert-OH is 1. The van der Waals surface area contributed by atoms with Gasteiger partial charge in [-0.25, -0.2) is 0 Å². The van der Waals surface area contributed by atoms with Crippen molar-refractivity contribution in [1.82, 2.24) is 0 Å². The minimum Gasteiger partial charge on any atom is -0.388 e. The second kappa shape index (κ2) is 20.0. The number of nitrogens with zero attached hydrogens (tertiary/aromatic N) is 1. The van der Waals surface area contributed by atoms with Crippen molar-refractivity contribution >= 4 is 0 Å². The summed E-state index contributed by atoms with van der Waals surface area (Å²) in [5.41, 5.74) is 0. The lowest BCUT2D eigenvalue weighted by atomic mass is 9.76. The molecule has 0 heterocycles. The molecular weight excluding hydrogens is 414 g/mol. The quantitative estimate of drug-likeness (QED) is 0.159. The molecule has 1 saturated carbocycles. The highest BCUT2D eigenvalue weighted by molar-refractivity contribution is 4.74. The first-order valence-corrected chi connectivity index (χ1v) is 14.1. The van der Waals surface area contributed by atoms with Crippen LogP contribution >= 0.6 is 0 Å². The van der Waals surface area contributed by atoms with E-state index in [1.165, 1.54) is 83.5 Å². The van der Waals surface area contributed by atoms with E-state index in [1.54, 1.807) is 0 Å². The van der Waals surface area contributed by atoms with E-state index in [-0.39, 0.29) is 0 Å². The molecule has 0 aromatic heterocycles. The van der Waals surface area contributed by atoms with Gasteiger partial charge in [-0.3, -0.25) is 0 Å². The van der Waals surface area contributed by atoms with E-state index in [0.717, 1.165) is 42.5 Å². The maximum Gasteiger partial charge on any atom is 0.102 e. The number of likely N-dealkylation sites (N-methyl/N-ethyl adjacent to an activating group) is 1. The summed E-state index contributed by atoms with van der Waals surface area (Å²) < 4.78 is 17.9. The molecule has 0 aliphatic heterocycles. The molecule has 1 fully saturated rings. The molecular formula is C28H58NO4+. The summed E-state index contributed by atoms with van der Waals surface area (Å²) >= 11 is 0. The summed E-state index contributed by atoms with van der Waals surface area (Å²) in [5.74, 6) is 1.70. The zero-order valence-electron chi connectivity index (χ0n) is 22.7. The van der Waals surface area contributed by atoms with E-state index in [0.29, 0.717) is 26.4 Å². The van der Waals surface area contributed by atoms with Gasteiger partial charge in [0.2, 0.25) is 0 Å². The van der Waals surface area contributed by atoms with Gasteiger partial charge < -0.3 is 23.8 Å². The third kappa shape index (κ3) is 18.8. The summed E-state index contributed by atoms with van der Waals surface area (Å²) in [6, 6.07) is 0. The predicted octanol–water partition coefficient (Wildman–Crippen LogP) is 5.83. The third-order valence-corrected chi connectivity index (χ3v) is 7.03. The minimum atomic E-state index is -0.549. The van der Waals surface area contributed by atoms with Crippen molar-refractivity contribution < 1.29 is 23.8 Å². The van der Waals surface area contributed by atoms with Crippen LogP contribution in [-0.4, -0.2) is 83.0 Å². The van der Waals surface area contributed by atoms with Crippen LogP contribution in [0.25, 0.3) is 0 Å². The first-order chi connectivity index (χ1) is 15.9. The first kappa shape index (κ1) is 30.8. The molecule has 5 nitrogen and oxygen atoms in total. The molecule has 0 bridgehead atoms. The maximum absolute atomic E-state index is 10.1. The van der Waals surface area contributed by atoms with Crippen molar-refractivity contribution in [3.63, 3.8) is 0 Å². The second-order valence-corrected chi connectivity index (χ2v) is 11.3. The Morgan fingerprint density at radius 1 is 0.727 bits per heavy atom. The number of ether oxygens (including phenoxy) is 3. The lowest BCUT2D eigenvalue weighted by Crippen LogP contribution is -2.37. The second-order valence-electron chi connectivity index (χ2n) is 11.3. The molecule has 0 aromatic carbocycles. The molecule has 2 atom stereocenters. The van der Waals surface area contributed by atoms with Gasteiger partial charge in [0.1, 0.15) is 12.6 Å². The van der Waals surface area contributed by atoms with Gasteiger partial charge in [-0.15, -0.1) is 0 Å². The molecule has 2 unspecified atom stereocenters. The Bertz CT molecular complexity index is 421. The van der Waals surface area contributed by atoms with E-state index < -0.39 is 6.10 Å². The van der Waals surface area contributed by atoms with E-state index in [9.17, 15) is 5.11 Å². The zero-order chi connectivity index (χ0) is 24.2. The van der Waals surface area contributed by atoms with Crippen LogP contribution in [0.3, 0.4) is 0 Å². The standard InChI is InChI=1S/C28H58NO4/c1-5-6-7-8-9-10-12-17-27(26-15-13-11-14-16-26)18-20-32-24-28(30)25-33-23-22-31-21-19-29(2,3)4/h26-28,30H,5-25H2,1-4H3/q+1. The fourth-order valence-electron chi connectivity index (χ4n) is 4.86. The topological polar surface area (TPSA) is 47.9 Å². The van der Waals surface area contributed by atoms with Crippen LogP contribution in [-0.2, 0) is 14.2 Å². The normalized spacial score (nSPS) is 17.4. The van der Waals surface area contributed by atoms with Gasteiger partial charge in [-0.2, -0.15) is 0 Å². The first-order valence-electron chi connectivity index (χ1n) is 14.1.